The number of phenols is 1. The Morgan fingerprint density at radius 2 is 1.08 bits per heavy atom. The van der Waals surface area contributed by atoms with Gasteiger partial charge >= 0.3 is 5.97 Å². The van der Waals surface area contributed by atoms with Crippen molar-refractivity contribution in [2.45, 2.75) is 105 Å². The molecule has 0 spiro atoms. The van der Waals surface area contributed by atoms with Crippen LogP contribution in [0.15, 0.2) is 48.5 Å². The molecule has 0 radical (unpaired) electrons. The van der Waals surface area contributed by atoms with Crippen LogP contribution in [0.3, 0.4) is 0 Å². The van der Waals surface area contributed by atoms with E-state index in [0.717, 1.165) is 27.8 Å². The van der Waals surface area contributed by atoms with E-state index in [1.807, 2.05) is 18.2 Å². The van der Waals surface area contributed by atoms with Gasteiger partial charge in [0.15, 0.2) is 0 Å². The van der Waals surface area contributed by atoms with Crippen molar-refractivity contribution in [3.05, 3.63) is 76.3 Å². The molecule has 0 bridgehead atoms. The topological polar surface area (TPSA) is 57.5 Å². The quantitative estimate of drug-likeness (QED) is 0.366. The minimum atomic E-state index is -0.964. The molecular weight excluding hydrogens is 468 g/mol. The molecule has 0 saturated heterocycles. The summed E-state index contributed by atoms with van der Waals surface area (Å²) in [6.45, 7) is 26.0. The van der Waals surface area contributed by atoms with Crippen molar-refractivity contribution in [2.24, 2.45) is 0 Å². The fourth-order valence-corrected chi connectivity index (χ4v) is 5.56. The first-order valence-electron chi connectivity index (χ1n) is 13.6. The van der Waals surface area contributed by atoms with Crippen molar-refractivity contribution < 1.29 is 15.0 Å². The smallest absolute Gasteiger partial charge is 0.336 e. The molecule has 0 aliphatic heterocycles. The van der Waals surface area contributed by atoms with Crippen LogP contribution in [0.25, 0.3) is 22.3 Å². The number of carbonyl (C=O) groups is 1. The molecule has 3 aromatic carbocycles. The monoisotopic (exact) mass is 514 g/mol. The van der Waals surface area contributed by atoms with Gasteiger partial charge < -0.3 is 10.2 Å². The fraction of sp³-hybridized carbons (Fsp3) is 0.457. The third-order valence-electron chi connectivity index (χ3n) is 7.20. The van der Waals surface area contributed by atoms with Crippen molar-refractivity contribution in [2.75, 3.05) is 0 Å². The third-order valence-corrected chi connectivity index (χ3v) is 7.20. The Bertz CT molecular complexity index is 1360. The van der Waals surface area contributed by atoms with Gasteiger partial charge in [0.1, 0.15) is 5.75 Å². The Balaban J connectivity index is 2.75. The van der Waals surface area contributed by atoms with Gasteiger partial charge in [-0.3, -0.25) is 0 Å². The molecule has 0 aliphatic rings. The Kier molecular flexibility index (Phi) is 7.44. The molecule has 3 heteroatoms. The lowest BCUT2D eigenvalue weighted by Crippen LogP contribution is -2.24. The Morgan fingerprint density at radius 3 is 1.55 bits per heavy atom. The number of carboxylic acids is 1. The molecule has 0 heterocycles. The Hall–Kier alpha value is -3.07. The molecule has 38 heavy (non-hydrogen) atoms. The third kappa shape index (κ3) is 5.53. The van der Waals surface area contributed by atoms with Crippen LogP contribution >= 0.6 is 0 Å². The summed E-state index contributed by atoms with van der Waals surface area (Å²) in [5, 5.41) is 22.1. The normalized spacial score (nSPS) is 13.1. The number of aromatic carboxylic acids is 1. The first-order valence-corrected chi connectivity index (χ1v) is 13.6. The van der Waals surface area contributed by atoms with E-state index in [9.17, 15) is 15.0 Å². The fourth-order valence-electron chi connectivity index (χ4n) is 5.56. The van der Waals surface area contributed by atoms with Crippen LogP contribution < -0.4 is 0 Å². The molecule has 0 atom stereocenters. The van der Waals surface area contributed by atoms with Crippen LogP contribution in [-0.2, 0) is 21.7 Å². The summed E-state index contributed by atoms with van der Waals surface area (Å²) in [5.41, 5.74) is 6.76. The molecule has 3 aromatic rings. The maximum atomic E-state index is 12.4. The minimum absolute atomic E-state index is 0.104. The van der Waals surface area contributed by atoms with Crippen LogP contribution in [0.4, 0.5) is 0 Å². The molecule has 0 saturated carbocycles. The van der Waals surface area contributed by atoms with E-state index in [1.165, 1.54) is 11.1 Å². The van der Waals surface area contributed by atoms with E-state index in [-0.39, 0.29) is 27.6 Å². The van der Waals surface area contributed by atoms with Gasteiger partial charge in [-0.15, -0.1) is 0 Å². The average molecular weight is 515 g/mol. The molecule has 0 unspecified atom stereocenters. The van der Waals surface area contributed by atoms with Gasteiger partial charge in [-0.2, -0.15) is 0 Å². The van der Waals surface area contributed by atoms with Crippen molar-refractivity contribution >= 4 is 5.97 Å². The maximum Gasteiger partial charge on any atom is 0.336 e. The standard InChI is InChI=1S/C35H46O3/c1-32(2,3)25-19-15-18-23(28(25)34(7,8)9)27-24(21-16-13-14-17-22(21)31(37)38)20-26(33(4,5)6)30(36)29(27)35(10,11)12/h13-20,36H,1-12H3,(H,37,38). The Morgan fingerprint density at radius 1 is 0.579 bits per heavy atom. The molecule has 3 rings (SSSR count). The van der Waals surface area contributed by atoms with Gasteiger partial charge in [0.25, 0.3) is 0 Å². The van der Waals surface area contributed by atoms with E-state index >= 15 is 0 Å². The Labute approximate surface area is 229 Å². The summed E-state index contributed by atoms with van der Waals surface area (Å²) in [7, 11) is 0. The number of benzene rings is 3. The molecule has 2 N–H and O–H groups in total. The summed E-state index contributed by atoms with van der Waals surface area (Å²) in [6, 6.07) is 15.7. The zero-order valence-electron chi connectivity index (χ0n) is 25.4. The van der Waals surface area contributed by atoms with Crippen molar-refractivity contribution in [1.29, 1.82) is 0 Å². The first kappa shape index (κ1) is 29.5. The van der Waals surface area contributed by atoms with Gasteiger partial charge in [-0.05, 0) is 67.2 Å². The van der Waals surface area contributed by atoms with Gasteiger partial charge in [0, 0.05) is 11.1 Å². The molecule has 0 amide bonds. The lowest BCUT2D eigenvalue weighted by Gasteiger charge is -2.36. The van der Waals surface area contributed by atoms with Crippen molar-refractivity contribution in [3.63, 3.8) is 0 Å². The first-order chi connectivity index (χ1) is 17.2. The lowest BCUT2D eigenvalue weighted by atomic mass is 9.68. The van der Waals surface area contributed by atoms with Gasteiger partial charge in [-0.25, -0.2) is 4.79 Å². The van der Waals surface area contributed by atoms with E-state index in [0.29, 0.717) is 5.56 Å². The second kappa shape index (κ2) is 9.59. The molecule has 0 aromatic heterocycles. The van der Waals surface area contributed by atoms with Gasteiger partial charge in [0.05, 0.1) is 5.56 Å². The molecule has 3 nitrogen and oxygen atoms in total. The van der Waals surface area contributed by atoms with Crippen molar-refractivity contribution in [3.8, 4) is 28.0 Å². The molecular formula is C35H46O3. The lowest BCUT2D eigenvalue weighted by molar-refractivity contribution is 0.0697. The number of phenolic OH excluding ortho intramolecular Hbond substituents is 1. The van der Waals surface area contributed by atoms with Crippen LogP contribution in [0.2, 0.25) is 0 Å². The number of rotatable bonds is 3. The van der Waals surface area contributed by atoms with E-state index < -0.39 is 11.4 Å². The van der Waals surface area contributed by atoms with Crippen LogP contribution in [0.5, 0.6) is 5.75 Å². The highest BCUT2D eigenvalue weighted by Crippen LogP contribution is 2.52. The van der Waals surface area contributed by atoms with Gasteiger partial charge in [-0.1, -0.05) is 119 Å². The zero-order valence-corrected chi connectivity index (χ0v) is 25.4. The SMILES string of the molecule is CC(C)(C)c1cc(-c2ccccc2C(=O)O)c(-c2cccc(C(C)(C)C)c2C(C)(C)C)c(C(C)(C)C)c1O. The summed E-state index contributed by atoms with van der Waals surface area (Å²) in [6.07, 6.45) is 0. The summed E-state index contributed by atoms with van der Waals surface area (Å²) in [5.74, 6) is -0.675. The molecule has 0 fully saturated rings. The maximum absolute atomic E-state index is 12.4. The second-order valence-electron chi connectivity index (χ2n) is 14.6. The van der Waals surface area contributed by atoms with Crippen LogP contribution in [0.1, 0.15) is 116 Å². The van der Waals surface area contributed by atoms with Crippen LogP contribution in [0, 0.1) is 0 Å². The van der Waals surface area contributed by atoms with E-state index in [4.69, 9.17) is 0 Å². The summed E-state index contributed by atoms with van der Waals surface area (Å²) >= 11 is 0. The number of hydrogen-bond acceptors (Lipinski definition) is 2. The number of aromatic hydroxyl groups is 1. The van der Waals surface area contributed by atoms with Crippen LogP contribution in [-0.4, -0.2) is 16.2 Å². The number of carboxylic acid groups (broad SMARTS) is 1. The van der Waals surface area contributed by atoms with Crippen molar-refractivity contribution in [1.82, 2.24) is 0 Å². The largest absolute Gasteiger partial charge is 0.507 e. The van der Waals surface area contributed by atoms with E-state index in [2.05, 4.69) is 101 Å². The molecule has 204 valence electrons. The zero-order chi connectivity index (χ0) is 29.0. The predicted octanol–water partition coefficient (Wildman–Crippen LogP) is 9.61. The minimum Gasteiger partial charge on any atom is -0.507 e. The summed E-state index contributed by atoms with van der Waals surface area (Å²) in [4.78, 5) is 12.4. The second-order valence-corrected chi connectivity index (χ2v) is 14.6. The highest BCUT2D eigenvalue weighted by atomic mass is 16.4. The highest BCUT2D eigenvalue weighted by Gasteiger charge is 2.35. The highest BCUT2D eigenvalue weighted by molar-refractivity contribution is 6.01. The number of hydrogen-bond donors (Lipinski definition) is 2. The predicted molar refractivity (Wildman–Crippen MR) is 161 cm³/mol. The van der Waals surface area contributed by atoms with Gasteiger partial charge in [0.2, 0.25) is 0 Å². The summed E-state index contributed by atoms with van der Waals surface area (Å²) < 4.78 is 0. The van der Waals surface area contributed by atoms with E-state index in [1.54, 1.807) is 12.1 Å². The molecule has 0 aliphatic carbocycles. The average Bonchev–Trinajstić information content (AvgIpc) is 2.75.